The number of hydrogen-bond acceptors (Lipinski definition) is 2. The van der Waals surface area contributed by atoms with Gasteiger partial charge in [0.2, 0.25) is 5.91 Å². The lowest BCUT2D eigenvalue weighted by atomic mass is 9.95. The van der Waals surface area contributed by atoms with E-state index in [1.165, 1.54) is 11.8 Å². The maximum atomic E-state index is 12.9. The van der Waals surface area contributed by atoms with Crippen LogP contribution in [0.25, 0.3) is 0 Å². The molecule has 0 aromatic heterocycles. The van der Waals surface area contributed by atoms with Crippen molar-refractivity contribution in [3.63, 3.8) is 0 Å². The summed E-state index contributed by atoms with van der Waals surface area (Å²) < 4.78 is 25.9. The minimum Gasteiger partial charge on any atom is -0.387 e. The second-order valence-electron chi connectivity index (χ2n) is 3.41. The quantitative estimate of drug-likeness (QED) is 0.658. The molecule has 0 saturated carbocycles. The van der Waals surface area contributed by atoms with Gasteiger partial charge in [-0.05, 0) is 0 Å². The van der Waals surface area contributed by atoms with Crippen LogP contribution >= 0.6 is 0 Å². The number of halogens is 2. The Bertz CT molecular complexity index is 208. The molecule has 0 aromatic carbocycles. The fourth-order valence-electron chi connectivity index (χ4n) is 1.41. The smallest absolute Gasteiger partial charge is 0.254 e. The van der Waals surface area contributed by atoms with Gasteiger partial charge in [-0.1, -0.05) is 6.92 Å². The van der Waals surface area contributed by atoms with Gasteiger partial charge in [-0.3, -0.25) is 4.79 Å². The van der Waals surface area contributed by atoms with Crippen molar-refractivity contribution in [3.8, 4) is 0 Å². The second kappa shape index (κ2) is 3.57. The third-order valence-corrected chi connectivity index (χ3v) is 2.42. The summed E-state index contributed by atoms with van der Waals surface area (Å²) in [5, 5.41) is 8.52. The predicted octanol–water partition coefficient (Wildman–Crippen LogP) is 0.482. The first kappa shape index (κ1) is 10.4. The fraction of sp³-hybridized carbons (Fsp3) is 0.875. The summed E-state index contributed by atoms with van der Waals surface area (Å²) in [6, 6.07) is 0. The molecule has 0 bridgehead atoms. The Hall–Kier alpha value is -0.710. The van der Waals surface area contributed by atoms with Crippen LogP contribution in [0.3, 0.4) is 0 Å². The molecule has 5 heteroatoms. The number of carbonyl (C=O) groups excluding carboxylic acids is 1. The minimum atomic E-state index is -2.67. The highest BCUT2D eigenvalue weighted by Crippen LogP contribution is 2.32. The van der Waals surface area contributed by atoms with Crippen molar-refractivity contribution in [1.29, 1.82) is 0 Å². The predicted molar refractivity (Wildman–Crippen MR) is 42.4 cm³/mol. The van der Waals surface area contributed by atoms with E-state index in [1.807, 2.05) is 0 Å². The summed E-state index contributed by atoms with van der Waals surface area (Å²) in [6.45, 7) is 0.887. The Morgan fingerprint density at radius 3 is 2.77 bits per heavy atom. The van der Waals surface area contributed by atoms with Gasteiger partial charge in [0.05, 0.1) is 0 Å². The first-order valence-electron chi connectivity index (χ1n) is 4.24. The normalized spacial score (nSPS) is 27.4. The number of likely N-dealkylation sites (tertiary alicyclic amines) is 1. The third kappa shape index (κ3) is 2.15. The van der Waals surface area contributed by atoms with Crippen molar-refractivity contribution >= 4 is 5.91 Å². The number of rotatable bonds is 1. The van der Waals surface area contributed by atoms with Gasteiger partial charge in [0.15, 0.2) is 0 Å². The molecule has 1 aliphatic heterocycles. The largest absolute Gasteiger partial charge is 0.387 e. The maximum absolute atomic E-state index is 12.9. The average Bonchev–Trinajstić information content (AvgIpc) is 2.08. The van der Waals surface area contributed by atoms with Crippen LogP contribution in [0.2, 0.25) is 0 Å². The molecule has 3 nitrogen and oxygen atoms in total. The van der Waals surface area contributed by atoms with E-state index in [0.717, 1.165) is 0 Å². The molecule has 1 unspecified atom stereocenters. The van der Waals surface area contributed by atoms with Crippen molar-refractivity contribution in [2.45, 2.75) is 19.3 Å². The van der Waals surface area contributed by atoms with Gasteiger partial charge in [-0.2, -0.15) is 0 Å². The van der Waals surface area contributed by atoms with E-state index in [2.05, 4.69) is 0 Å². The SMILES string of the molecule is CC1CN(C(=O)CO)CCC1(F)F. The highest BCUT2D eigenvalue weighted by molar-refractivity contribution is 5.77. The summed E-state index contributed by atoms with van der Waals surface area (Å²) in [5.74, 6) is -3.97. The molecule has 1 amide bonds. The summed E-state index contributed by atoms with van der Waals surface area (Å²) in [7, 11) is 0. The molecule has 0 radical (unpaired) electrons. The fourth-order valence-corrected chi connectivity index (χ4v) is 1.41. The molecule has 0 aliphatic carbocycles. The minimum absolute atomic E-state index is 0.0341. The van der Waals surface area contributed by atoms with Gasteiger partial charge in [-0.15, -0.1) is 0 Å². The Balaban J connectivity index is 2.56. The van der Waals surface area contributed by atoms with E-state index in [-0.39, 0.29) is 19.5 Å². The Kier molecular flexibility index (Phi) is 2.85. The van der Waals surface area contributed by atoms with Crippen LogP contribution in [0, 0.1) is 5.92 Å². The summed E-state index contributed by atoms with van der Waals surface area (Å²) >= 11 is 0. The summed E-state index contributed by atoms with van der Waals surface area (Å²) in [4.78, 5) is 12.2. The van der Waals surface area contributed by atoms with E-state index in [9.17, 15) is 13.6 Å². The average molecular weight is 193 g/mol. The number of amides is 1. The zero-order chi connectivity index (χ0) is 10.1. The van der Waals surface area contributed by atoms with E-state index in [4.69, 9.17) is 5.11 Å². The van der Waals surface area contributed by atoms with Crippen LogP contribution in [0.4, 0.5) is 8.78 Å². The van der Waals surface area contributed by atoms with Gasteiger partial charge in [0.1, 0.15) is 6.61 Å². The standard InChI is InChI=1S/C8H13F2NO2/c1-6-4-11(7(13)5-12)3-2-8(6,9)10/h6,12H,2-5H2,1H3. The lowest BCUT2D eigenvalue weighted by molar-refractivity contribution is -0.146. The van der Waals surface area contributed by atoms with Crippen LogP contribution in [0.15, 0.2) is 0 Å². The van der Waals surface area contributed by atoms with Crippen molar-refractivity contribution in [2.75, 3.05) is 19.7 Å². The number of nitrogens with zero attached hydrogens (tertiary/aromatic N) is 1. The van der Waals surface area contributed by atoms with Crippen molar-refractivity contribution in [3.05, 3.63) is 0 Å². The van der Waals surface area contributed by atoms with E-state index in [1.54, 1.807) is 0 Å². The Morgan fingerprint density at radius 1 is 1.69 bits per heavy atom. The topological polar surface area (TPSA) is 40.5 Å². The number of carbonyl (C=O) groups is 1. The molecule has 0 aromatic rings. The number of aliphatic hydroxyl groups is 1. The third-order valence-electron chi connectivity index (χ3n) is 2.42. The zero-order valence-electron chi connectivity index (χ0n) is 7.46. The van der Waals surface area contributed by atoms with Crippen LogP contribution < -0.4 is 0 Å². The van der Waals surface area contributed by atoms with Crippen molar-refractivity contribution in [1.82, 2.24) is 4.90 Å². The molecule has 1 saturated heterocycles. The van der Waals surface area contributed by atoms with Gasteiger partial charge >= 0.3 is 0 Å². The van der Waals surface area contributed by atoms with Crippen molar-refractivity contribution in [2.24, 2.45) is 5.92 Å². The lowest BCUT2D eigenvalue weighted by Gasteiger charge is -2.36. The van der Waals surface area contributed by atoms with Gasteiger partial charge in [0.25, 0.3) is 5.92 Å². The monoisotopic (exact) mass is 193 g/mol. The first-order valence-corrected chi connectivity index (χ1v) is 4.24. The molecular formula is C8H13F2NO2. The molecule has 0 spiro atoms. The van der Waals surface area contributed by atoms with Gasteiger partial charge < -0.3 is 10.0 Å². The van der Waals surface area contributed by atoms with E-state index >= 15 is 0 Å². The Morgan fingerprint density at radius 2 is 2.31 bits per heavy atom. The molecule has 1 rings (SSSR count). The number of piperidine rings is 1. The van der Waals surface area contributed by atoms with Gasteiger partial charge in [-0.25, -0.2) is 8.78 Å². The molecule has 1 heterocycles. The molecule has 76 valence electrons. The maximum Gasteiger partial charge on any atom is 0.254 e. The first-order chi connectivity index (χ1) is 5.97. The van der Waals surface area contributed by atoms with Crippen LogP contribution in [0.1, 0.15) is 13.3 Å². The summed E-state index contributed by atoms with van der Waals surface area (Å²) in [6.07, 6.45) is -0.306. The lowest BCUT2D eigenvalue weighted by Crippen LogP contribution is -2.48. The van der Waals surface area contributed by atoms with Gasteiger partial charge in [0, 0.05) is 25.4 Å². The molecule has 1 N–H and O–H groups in total. The van der Waals surface area contributed by atoms with Crippen LogP contribution in [0.5, 0.6) is 0 Å². The van der Waals surface area contributed by atoms with E-state index in [0.29, 0.717) is 0 Å². The molecule has 1 aliphatic rings. The highest BCUT2D eigenvalue weighted by Gasteiger charge is 2.41. The van der Waals surface area contributed by atoms with Crippen LogP contribution in [-0.2, 0) is 4.79 Å². The molecular weight excluding hydrogens is 180 g/mol. The molecule has 1 atom stereocenters. The highest BCUT2D eigenvalue weighted by atomic mass is 19.3. The van der Waals surface area contributed by atoms with E-state index < -0.39 is 24.4 Å². The van der Waals surface area contributed by atoms with Crippen molar-refractivity contribution < 1.29 is 18.7 Å². The second-order valence-corrected chi connectivity index (χ2v) is 3.41. The molecule has 1 fully saturated rings. The zero-order valence-corrected chi connectivity index (χ0v) is 7.46. The summed E-state index contributed by atoms with van der Waals surface area (Å²) in [5.41, 5.74) is 0. The number of aliphatic hydroxyl groups excluding tert-OH is 1. The number of hydrogen-bond donors (Lipinski definition) is 1. The van der Waals surface area contributed by atoms with Crippen LogP contribution in [-0.4, -0.2) is 41.5 Å². The number of alkyl halides is 2. The Labute approximate surface area is 75.3 Å². The molecule has 13 heavy (non-hydrogen) atoms.